The molecule has 0 N–H and O–H groups in total. The molecule has 1 saturated carbocycles. The second-order valence-electron chi connectivity index (χ2n) is 5.20. The molecule has 19 heavy (non-hydrogen) atoms. The van der Waals surface area contributed by atoms with Gasteiger partial charge in [0.1, 0.15) is 0 Å². The quantitative estimate of drug-likeness (QED) is 0.503. The van der Waals surface area contributed by atoms with E-state index in [9.17, 15) is 9.36 Å². The van der Waals surface area contributed by atoms with Gasteiger partial charge < -0.3 is 9.26 Å². The predicted octanol–water partition coefficient (Wildman–Crippen LogP) is 3.83. The van der Waals surface area contributed by atoms with Crippen molar-refractivity contribution >= 4 is 13.3 Å². The Bertz CT molecular complexity index is 311. The van der Waals surface area contributed by atoms with Gasteiger partial charge in [0, 0.05) is 12.3 Å². The molecule has 0 amide bonds. The minimum absolute atomic E-state index is 0.206. The summed E-state index contributed by atoms with van der Waals surface area (Å²) in [5.41, 5.74) is 0. The van der Waals surface area contributed by atoms with Gasteiger partial charge >= 0.3 is 5.97 Å². The molecule has 1 aliphatic rings. The van der Waals surface area contributed by atoms with Crippen LogP contribution in [0.2, 0.25) is 0 Å². The molecule has 0 saturated heterocycles. The first kappa shape index (κ1) is 16.7. The normalized spacial score (nSPS) is 19.9. The maximum absolute atomic E-state index is 12.8. The lowest BCUT2D eigenvalue weighted by atomic mass is 9.91. The molecule has 0 spiro atoms. The van der Waals surface area contributed by atoms with Gasteiger partial charge in [-0.3, -0.25) is 9.36 Å². The van der Waals surface area contributed by atoms with Crippen molar-refractivity contribution in [1.82, 2.24) is 0 Å². The second-order valence-corrected chi connectivity index (χ2v) is 7.90. The Morgan fingerprint density at radius 2 is 1.84 bits per heavy atom. The van der Waals surface area contributed by atoms with Crippen molar-refractivity contribution in [1.29, 1.82) is 0 Å². The van der Waals surface area contributed by atoms with Gasteiger partial charge in [-0.15, -0.1) is 0 Å². The first-order valence-electron chi connectivity index (χ1n) is 7.48. The highest BCUT2D eigenvalue weighted by atomic mass is 31.2. The van der Waals surface area contributed by atoms with E-state index >= 15 is 0 Å². The van der Waals surface area contributed by atoms with Crippen molar-refractivity contribution in [2.45, 2.75) is 52.4 Å². The molecule has 1 rings (SSSR count). The lowest BCUT2D eigenvalue weighted by molar-refractivity contribution is -0.142. The minimum atomic E-state index is -2.67. The number of carbonyl (C=O) groups is 1. The van der Waals surface area contributed by atoms with Crippen LogP contribution in [-0.4, -0.2) is 31.5 Å². The number of ether oxygens (including phenoxy) is 1. The number of hydrogen-bond acceptors (Lipinski definition) is 4. The van der Waals surface area contributed by atoms with E-state index in [1.54, 1.807) is 6.92 Å². The molecule has 1 aliphatic carbocycles. The number of carbonyl (C=O) groups excluding carboxylic acids is 1. The minimum Gasteiger partial charge on any atom is -0.466 e. The van der Waals surface area contributed by atoms with Crippen LogP contribution < -0.4 is 0 Å². The van der Waals surface area contributed by atoms with Gasteiger partial charge in [0.2, 0.25) is 7.37 Å². The summed E-state index contributed by atoms with van der Waals surface area (Å²) in [6.45, 7) is 4.47. The van der Waals surface area contributed by atoms with Gasteiger partial charge in [-0.25, -0.2) is 0 Å². The van der Waals surface area contributed by atoms with Crippen LogP contribution in [0.5, 0.6) is 0 Å². The van der Waals surface area contributed by atoms with Crippen molar-refractivity contribution in [3.8, 4) is 0 Å². The van der Waals surface area contributed by atoms with E-state index in [1.165, 1.54) is 19.3 Å². The molecule has 4 nitrogen and oxygen atoms in total. The first-order chi connectivity index (χ1) is 9.09. The van der Waals surface area contributed by atoms with Crippen molar-refractivity contribution in [3.05, 3.63) is 0 Å². The average Bonchev–Trinajstić information content (AvgIpc) is 2.38. The summed E-state index contributed by atoms with van der Waals surface area (Å²) in [4.78, 5) is 11.4. The van der Waals surface area contributed by atoms with Crippen molar-refractivity contribution < 1.29 is 18.6 Å². The Morgan fingerprint density at radius 1 is 1.16 bits per heavy atom. The van der Waals surface area contributed by atoms with Gasteiger partial charge in [-0.2, -0.15) is 0 Å². The van der Waals surface area contributed by atoms with Crippen LogP contribution in [0.15, 0.2) is 0 Å². The van der Waals surface area contributed by atoms with E-state index < -0.39 is 7.37 Å². The number of hydrogen-bond donors (Lipinski definition) is 0. The zero-order valence-electron chi connectivity index (χ0n) is 12.2. The van der Waals surface area contributed by atoms with Gasteiger partial charge in [-0.05, 0) is 32.6 Å². The Kier molecular flexibility index (Phi) is 7.70. The molecular weight excluding hydrogens is 263 g/mol. The van der Waals surface area contributed by atoms with Crippen LogP contribution >= 0.6 is 7.37 Å². The highest BCUT2D eigenvalue weighted by Crippen LogP contribution is 2.51. The molecule has 1 fully saturated rings. The third-order valence-electron chi connectivity index (χ3n) is 3.59. The largest absolute Gasteiger partial charge is 0.466 e. The highest BCUT2D eigenvalue weighted by Gasteiger charge is 2.29. The molecule has 5 heteroatoms. The van der Waals surface area contributed by atoms with Crippen molar-refractivity contribution in [2.24, 2.45) is 5.92 Å². The molecule has 0 aromatic rings. The molecule has 0 bridgehead atoms. The molecule has 0 aromatic carbocycles. The molecular formula is C14H27O4P. The van der Waals surface area contributed by atoms with Crippen LogP contribution in [0.3, 0.4) is 0 Å². The molecule has 0 aliphatic heterocycles. The molecule has 1 unspecified atom stereocenters. The molecule has 112 valence electrons. The SMILES string of the molecule is CCOC(=O)CCP(=O)(CC1CCCCC1)OCC. The van der Waals surface area contributed by atoms with Crippen molar-refractivity contribution in [2.75, 3.05) is 25.5 Å². The third-order valence-corrected chi connectivity index (χ3v) is 6.29. The van der Waals surface area contributed by atoms with Crippen LogP contribution in [0.25, 0.3) is 0 Å². The molecule has 0 aromatic heterocycles. The molecule has 0 radical (unpaired) electrons. The lowest BCUT2D eigenvalue weighted by Gasteiger charge is -2.26. The van der Waals surface area contributed by atoms with Crippen LogP contribution in [0.1, 0.15) is 52.4 Å². The van der Waals surface area contributed by atoms with Gasteiger partial charge in [0.15, 0.2) is 0 Å². The van der Waals surface area contributed by atoms with Gasteiger partial charge in [0.05, 0.1) is 19.6 Å². The number of rotatable bonds is 8. The maximum Gasteiger partial charge on any atom is 0.306 e. The Morgan fingerprint density at radius 3 is 2.42 bits per heavy atom. The Labute approximate surface area is 116 Å². The molecule has 1 atom stereocenters. The fourth-order valence-electron chi connectivity index (χ4n) is 2.70. The second kappa shape index (κ2) is 8.76. The summed E-state index contributed by atoms with van der Waals surface area (Å²) >= 11 is 0. The monoisotopic (exact) mass is 290 g/mol. The zero-order valence-corrected chi connectivity index (χ0v) is 13.1. The van der Waals surface area contributed by atoms with E-state index in [2.05, 4.69) is 0 Å². The standard InChI is InChI=1S/C14H27O4P/c1-3-17-14(15)10-11-19(16,18-4-2)12-13-8-6-5-7-9-13/h13H,3-12H2,1-2H3. The Balaban J connectivity index is 2.47. The van der Waals surface area contributed by atoms with Gasteiger partial charge in [0.25, 0.3) is 0 Å². The van der Waals surface area contributed by atoms with E-state index in [0.717, 1.165) is 12.8 Å². The van der Waals surface area contributed by atoms with E-state index in [0.29, 0.717) is 31.5 Å². The Hall–Kier alpha value is -0.340. The topological polar surface area (TPSA) is 52.6 Å². The van der Waals surface area contributed by atoms with E-state index in [1.807, 2.05) is 6.92 Å². The average molecular weight is 290 g/mol. The van der Waals surface area contributed by atoms with Crippen LogP contribution in [0, 0.1) is 5.92 Å². The predicted molar refractivity (Wildman–Crippen MR) is 76.8 cm³/mol. The van der Waals surface area contributed by atoms with Crippen LogP contribution in [0.4, 0.5) is 0 Å². The fraction of sp³-hybridized carbons (Fsp3) is 0.929. The van der Waals surface area contributed by atoms with Gasteiger partial charge in [-0.1, -0.05) is 19.3 Å². The maximum atomic E-state index is 12.8. The summed E-state index contributed by atoms with van der Waals surface area (Å²) in [6.07, 6.45) is 7.22. The number of esters is 1. The van der Waals surface area contributed by atoms with E-state index in [-0.39, 0.29) is 12.4 Å². The summed E-state index contributed by atoms with van der Waals surface area (Å²) in [6, 6.07) is 0. The van der Waals surface area contributed by atoms with Crippen LogP contribution in [-0.2, 0) is 18.6 Å². The molecule has 0 heterocycles. The lowest BCUT2D eigenvalue weighted by Crippen LogP contribution is -2.15. The summed E-state index contributed by atoms with van der Waals surface area (Å²) in [7, 11) is -2.67. The first-order valence-corrected chi connectivity index (χ1v) is 9.47. The zero-order chi connectivity index (χ0) is 14.1. The summed E-state index contributed by atoms with van der Waals surface area (Å²) in [5, 5.41) is 0. The smallest absolute Gasteiger partial charge is 0.306 e. The van der Waals surface area contributed by atoms with E-state index in [4.69, 9.17) is 9.26 Å². The third kappa shape index (κ3) is 6.58. The fourth-order valence-corrected chi connectivity index (χ4v) is 5.26. The summed E-state index contributed by atoms with van der Waals surface area (Å²) in [5.74, 6) is 0.236. The summed E-state index contributed by atoms with van der Waals surface area (Å²) < 4.78 is 23.2. The highest BCUT2D eigenvalue weighted by molar-refractivity contribution is 7.59. The van der Waals surface area contributed by atoms with Crippen molar-refractivity contribution in [3.63, 3.8) is 0 Å².